The molecule has 90 heavy (non-hydrogen) atoms. The number of rotatable bonds is 6. The zero-order valence-corrected chi connectivity index (χ0v) is 53.8. The number of nitrogens with two attached hydrogens (primary N) is 2. The minimum atomic E-state index is -0.361. The molecule has 12 heterocycles. The van der Waals surface area contributed by atoms with Gasteiger partial charge in [0.25, 0.3) is 0 Å². The quantitative estimate of drug-likeness (QED) is 0.0670. The number of nitrogens with zero attached hydrogens (tertiary/aromatic N) is 22. The average molecular weight is 1360 g/mol. The molecule has 0 radical (unpaired) electrons. The lowest BCUT2D eigenvalue weighted by Crippen LogP contribution is -2.07. The normalized spacial score (nSPS) is 10.4. The first kappa shape index (κ1) is 68.5. The highest BCUT2D eigenvalue weighted by Crippen LogP contribution is 2.23. The van der Waals surface area contributed by atoms with Gasteiger partial charge < -0.3 is 32.2 Å². The van der Waals surface area contributed by atoms with Gasteiger partial charge in [0, 0.05) is 55.5 Å². The molecular formula is C55H67ClIN29O4. The van der Waals surface area contributed by atoms with E-state index in [0.29, 0.717) is 75.2 Å². The van der Waals surface area contributed by atoms with Crippen molar-refractivity contribution in [2.75, 3.05) is 34.5 Å². The first-order valence-corrected chi connectivity index (χ1v) is 28.0. The number of carbonyl (C=O) groups excluding carboxylic acids is 3. The fourth-order valence-corrected chi connectivity index (χ4v) is 8.58. The highest BCUT2D eigenvalue weighted by molar-refractivity contribution is 14.1. The van der Waals surface area contributed by atoms with Crippen LogP contribution in [0.4, 0.5) is 29.1 Å². The maximum atomic E-state index is 10.9. The summed E-state index contributed by atoms with van der Waals surface area (Å²) in [5, 5.41) is 38.2. The summed E-state index contributed by atoms with van der Waals surface area (Å²) in [6.07, 6.45) is 10.3. The van der Waals surface area contributed by atoms with Crippen molar-refractivity contribution >= 4 is 147 Å². The lowest BCUT2D eigenvalue weighted by molar-refractivity contribution is -0.115. The van der Waals surface area contributed by atoms with Gasteiger partial charge >= 0.3 is 0 Å². The number of hydrogen-bond donors (Lipinski definition) is 7. The van der Waals surface area contributed by atoms with Crippen LogP contribution in [0.15, 0.2) is 61.4 Å². The van der Waals surface area contributed by atoms with Crippen molar-refractivity contribution in [3.8, 4) is 5.75 Å². The van der Waals surface area contributed by atoms with Crippen LogP contribution in [-0.2, 0) is 49.1 Å². The van der Waals surface area contributed by atoms with Gasteiger partial charge in [-0.25, -0.2) is 59.8 Å². The summed E-state index contributed by atoms with van der Waals surface area (Å²) in [5.74, 6) is 7.32. The van der Waals surface area contributed by atoms with E-state index in [2.05, 4.69) is 151 Å². The lowest BCUT2D eigenvalue weighted by atomic mass is 10.2. The molecule has 9 N–H and O–H groups in total. The molecule has 0 bridgehead atoms. The molecule has 12 aromatic heterocycles. The first-order valence-electron chi connectivity index (χ1n) is 26.5. The molecule has 1 aromatic carbocycles. The van der Waals surface area contributed by atoms with Gasteiger partial charge in [-0.2, -0.15) is 30.6 Å². The number of ether oxygens (including phenoxy) is 1. The molecule has 0 unspecified atom stereocenters. The van der Waals surface area contributed by atoms with Gasteiger partial charge in [0.2, 0.25) is 17.1 Å². The second kappa shape index (κ2) is 30.8. The third-order valence-electron chi connectivity index (χ3n) is 11.9. The van der Waals surface area contributed by atoms with Gasteiger partial charge in [-0.1, -0.05) is 19.6 Å². The van der Waals surface area contributed by atoms with Crippen molar-refractivity contribution in [2.24, 2.45) is 28.2 Å². The van der Waals surface area contributed by atoms with Crippen molar-refractivity contribution in [1.82, 2.24) is 119 Å². The molecule has 0 fully saturated rings. The summed E-state index contributed by atoms with van der Waals surface area (Å²) in [7, 11) is 9.04. The van der Waals surface area contributed by atoms with E-state index in [1.54, 1.807) is 83.9 Å². The molecule has 0 aliphatic heterocycles. The number of methoxy groups -OCH3 is 1. The van der Waals surface area contributed by atoms with Crippen molar-refractivity contribution < 1.29 is 19.1 Å². The predicted octanol–water partition coefficient (Wildman–Crippen LogP) is 6.72. The summed E-state index contributed by atoms with van der Waals surface area (Å²) >= 11 is 6.81. The number of halogens is 2. The number of aryl methyl sites for hydroxylation is 10. The zero-order chi connectivity index (χ0) is 64.8. The van der Waals surface area contributed by atoms with Crippen LogP contribution < -0.4 is 32.2 Å². The summed E-state index contributed by atoms with van der Waals surface area (Å²) < 4.78 is 13.0. The van der Waals surface area contributed by atoms with Crippen LogP contribution in [0.2, 0.25) is 0 Å². The second-order valence-corrected chi connectivity index (χ2v) is 20.6. The Hall–Kier alpha value is -10.7. The molecule has 0 spiro atoms. The molecule has 0 aliphatic carbocycles. The number of hydrogen-bond acceptors (Lipinski definition) is 25. The number of aromatic nitrogens is 24. The highest BCUT2D eigenvalue weighted by atomic mass is 127. The number of H-pyrrole nitrogens is 2. The highest BCUT2D eigenvalue weighted by Gasteiger charge is 2.14. The van der Waals surface area contributed by atoms with Gasteiger partial charge in [-0.3, -0.25) is 43.3 Å². The fourth-order valence-electron chi connectivity index (χ4n) is 7.86. The summed E-state index contributed by atoms with van der Waals surface area (Å²) in [4.78, 5) is 80.9. The number of nitrogens with one attached hydrogen (secondary N) is 5. The van der Waals surface area contributed by atoms with Gasteiger partial charge in [-0.05, 0) is 93.4 Å². The van der Waals surface area contributed by atoms with Crippen molar-refractivity contribution in [3.05, 3.63) is 106 Å². The lowest BCUT2D eigenvalue weighted by Gasteiger charge is -2.05. The van der Waals surface area contributed by atoms with E-state index >= 15 is 0 Å². The number of aromatic amines is 2. The minimum Gasteiger partial charge on any atom is -0.497 e. The van der Waals surface area contributed by atoms with E-state index in [1.165, 1.54) is 20.8 Å². The number of nitrogen functional groups attached to an aromatic ring is 2. The second-order valence-electron chi connectivity index (χ2n) is 19.0. The molecule has 35 heteroatoms. The molecule has 2 amide bonds. The topological polar surface area (TPSA) is 432 Å². The smallest absolute Gasteiger partial charge is 0.222 e. The minimum absolute atomic E-state index is 0. The molecule has 33 nitrogen and oxygen atoms in total. The van der Waals surface area contributed by atoms with Gasteiger partial charge in [0.15, 0.2) is 29.1 Å². The molecule has 0 aliphatic rings. The SMILES string of the molecule is C.CC(=O)Cl.CC(=O)Nc1n[nH]c2cnc(C)nc12.CC(=O)Nc1nn(C)c2cnc(C)nc12.COc1ccc(CNc2nn(C)c3cnc(C)nc23)cc1.Cc1ncc2[nH]nc(N)c2n1.Cc1ncc2c(n1)c(I)nn2C.Cc1ncc2c(n1)c(N)nn2C. The number of amides is 2. The van der Waals surface area contributed by atoms with E-state index in [0.717, 1.165) is 76.6 Å². The van der Waals surface area contributed by atoms with E-state index in [4.69, 9.17) is 16.2 Å². The maximum absolute atomic E-state index is 10.9. The van der Waals surface area contributed by atoms with Crippen LogP contribution in [0.25, 0.3) is 66.2 Å². The first-order chi connectivity index (χ1) is 42.3. The summed E-state index contributed by atoms with van der Waals surface area (Å²) in [6, 6.07) is 7.94. The van der Waals surface area contributed by atoms with Crippen LogP contribution in [0.1, 0.15) is 68.7 Å². The van der Waals surface area contributed by atoms with Crippen molar-refractivity contribution in [2.45, 2.75) is 76.3 Å². The maximum Gasteiger partial charge on any atom is 0.222 e. The molecule has 470 valence electrons. The van der Waals surface area contributed by atoms with Crippen LogP contribution in [0.5, 0.6) is 5.75 Å². The number of fused-ring (bicyclic) bond motifs is 6. The Labute approximate surface area is 532 Å². The Morgan fingerprint density at radius 2 is 0.889 bits per heavy atom. The summed E-state index contributed by atoms with van der Waals surface area (Å²) in [6.45, 7) is 15.8. The van der Waals surface area contributed by atoms with E-state index in [1.807, 2.05) is 73.1 Å². The van der Waals surface area contributed by atoms with Crippen molar-refractivity contribution in [3.63, 3.8) is 0 Å². The van der Waals surface area contributed by atoms with E-state index in [9.17, 15) is 14.4 Å². The Morgan fingerprint density at radius 1 is 0.511 bits per heavy atom. The van der Waals surface area contributed by atoms with Crippen molar-refractivity contribution in [1.29, 1.82) is 0 Å². The Bertz CT molecular complexity index is 4540. The molecule has 0 atom stereocenters. The fraction of sp³-hybridized carbons (Fsp3) is 0.291. The van der Waals surface area contributed by atoms with Crippen LogP contribution in [0.3, 0.4) is 0 Å². The van der Waals surface area contributed by atoms with Crippen LogP contribution in [0, 0.1) is 45.2 Å². The van der Waals surface area contributed by atoms with Gasteiger partial charge in [0.1, 0.15) is 111 Å². The molecule has 13 rings (SSSR count). The third kappa shape index (κ3) is 18.0. The number of anilines is 5. The molecular weight excluding hydrogens is 1290 g/mol. The van der Waals surface area contributed by atoms with Crippen LogP contribution in [-0.4, -0.2) is 143 Å². The van der Waals surface area contributed by atoms with E-state index < -0.39 is 0 Å². The average Bonchev–Trinajstić information content (AvgIpc) is 1.80. The monoisotopic (exact) mass is 1360 g/mol. The Kier molecular flexibility index (Phi) is 23.4. The largest absolute Gasteiger partial charge is 0.497 e. The molecule has 0 saturated carbocycles. The Morgan fingerprint density at radius 3 is 1.40 bits per heavy atom. The third-order valence-corrected chi connectivity index (χ3v) is 12.6. The standard InChI is InChI=1S/C15H17N5O.C9H11N5O.C8H9N5O.C7H7IN4.C7H9N5.C6H7N5.C2H3ClO.CH4/c1-10-16-9-13-14(18-10)15(19-20(13)2)17-8-11-4-6-12(21-3)7-5-11;1-5-10-4-7-8(11-5)9(12-6(2)15)13-14(7)3;1-4-9-3-6-7(10-4)8(13-12-6)11-5(2)14;2*1-4-9-3-5-6(10-4)7(8)11-12(5)2;1-3-8-2-4-5(9-3)6(7)11-10-4;1-2(3)4;/h4-7,9H,8H2,1-3H3,(H,17,19);4H,1-3H3,(H,12,13,15);3H,1-2H3,(H2,11,12,13,14);3H,1-2H3;3H,1-2H3,(H2,8,11);2H,1H3,(H3,7,10,11);1H3;1H4. The van der Waals surface area contributed by atoms with Gasteiger partial charge in [-0.15, -0.1) is 0 Å². The molecule has 13 aromatic rings. The molecule has 0 saturated heterocycles. The summed E-state index contributed by atoms with van der Waals surface area (Å²) in [5.41, 5.74) is 21.8. The van der Waals surface area contributed by atoms with E-state index in [-0.39, 0.29) is 24.5 Å². The number of benzene rings is 1. The van der Waals surface area contributed by atoms with Crippen LogP contribution >= 0.6 is 34.2 Å². The number of carbonyl (C=O) groups is 3. The Balaban J connectivity index is 0.000000172. The predicted molar refractivity (Wildman–Crippen MR) is 351 cm³/mol. The zero-order valence-electron chi connectivity index (χ0n) is 50.9. The van der Waals surface area contributed by atoms with Gasteiger partial charge in [0.05, 0.1) is 44.3 Å².